The molecule has 0 aliphatic rings. The molecule has 0 aliphatic heterocycles. The number of thiazole rings is 2. The van der Waals surface area contributed by atoms with Gasteiger partial charge in [0.25, 0.3) is 5.69 Å². The minimum atomic E-state index is -0.481. The summed E-state index contributed by atoms with van der Waals surface area (Å²) in [7, 11) is 0. The highest BCUT2D eigenvalue weighted by molar-refractivity contribution is 7.22. The van der Waals surface area contributed by atoms with Crippen molar-refractivity contribution in [1.82, 2.24) is 24.7 Å². The van der Waals surface area contributed by atoms with Gasteiger partial charge in [0, 0.05) is 23.4 Å². The predicted octanol–water partition coefficient (Wildman–Crippen LogP) is 13.7. The number of nitro groups is 1. The lowest BCUT2D eigenvalue weighted by atomic mass is 10.0. The number of non-ortho nitro benzene ring substituents is 1. The van der Waals surface area contributed by atoms with E-state index in [1.807, 2.05) is 55.5 Å². The maximum atomic E-state index is 11.8. The molecule has 0 fully saturated rings. The van der Waals surface area contributed by atoms with Crippen LogP contribution in [0.1, 0.15) is 44.5 Å². The Hall–Kier alpha value is -7.67. The number of aromatic nitrogens is 5. The summed E-state index contributed by atoms with van der Waals surface area (Å²) in [5.41, 5.74) is 11.7. The molecule has 0 saturated heterocycles. The van der Waals surface area contributed by atoms with Gasteiger partial charge in [0.05, 0.1) is 31.0 Å². The third kappa shape index (κ3) is 7.66. The average molecular weight is 866 g/mol. The third-order valence-electron chi connectivity index (χ3n) is 10.7. The molecule has 4 heterocycles. The first kappa shape index (κ1) is 40.7. The van der Waals surface area contributed by atoms with Crippen molar-refractivity contribution in [2.45, 2.75) is 48.5 Å². The number of para-hydroxylation sites is 2. The van der Waals surface area contributed by atoms with Crippen LogP contribution < -0.4 is 10.2 Å². The van der Waals surface area contributed by atoms with Crippen molar-refractivity contribution in [3.05, 3.63) is 158 Å². The number of nitrogens with zero attached hydrogens (tertiary/aromatic N) is 10. The van der Waals surface area contributed by atoms with E-state index in [2.05, 4.69) is 88.2 Å². The molecule has 0 radical (unpaired) electrons. The largest absolute Gasteiger partial charge is 0.338 e. The quantitative estimate of drug-likeness (QED) is 0.0800. The first-order chi connectivity index (χ1) is 30.4. The summed E-state index contributed by atoms with van der Waals surface area (Å²) >= 11 is 2.96. The zero-order valence-electron chi connectivity index (χ0n) is 35.4. The van der Waals surface area contributed by atoms with Crippen LogP contribution in [0.5, 0.6) is 0 Å². The Bertz CT molecular complexity index is 3260. The number of hydrogen-bond donors (Lipinski definition) is 1. The average Bonchev–Trinajstić information content (AvgIpc) is 3.98. The number of azo groups is 1. The minimum absolute atomic E-state index is 0.0767. The molecule has 9 aromatic rings. The molecule has 0 spiro atoms. The van der Waals surface area contributed by atoms with Crippen molar-refractivity contribution in [2.75, 3.05) is 10.2 Å². The Balaban J connectivity index is 1.27. The van der Waals surface area contributed by atoms with E-state index in [0.29, 0.717) is 28.0 Å². The summed E-state index contributed by atoms with van der Waals surface area (Å²) < 4.78 is 3.44. The van der Waals surface area contributed by atoms with E-state index in [1.165, 1.54) is 28.2 Å². The van der Waals surface area contributed by atoms with Crippen LogP contribution in [0.4, 0.5) is 45.3 Å². The fourth-order valence-electron chi connectivity index (χ4n) is 8.02. The summed E-state index contributed by atoms with van der Waals surface area (Å²) in [5, 5.41) is 42.0. The lowest BCUT2D eigenvalue weighted by Gasteiger charge is -2.27. The number of fused-ring (bicyclic) bond motifs is 2. The molecule has 310 valence electrons. The topological polar surface area (TPSA) is 163 Å². The van der Waals surface area contributed by atoms with Gasteiger partial charge in [-0.25, -0.2) is 15.0 Å². The second kappa shape index (κ2) is 16.3. The van der Waals surface area contributed by atoms with Gasteiger partial charge in [0.1, 0.15) is 28.8 Å². The van der Waals surface area contributed by atoms with E-state index in [-0.39, 0.29) is 22.8 Å². The van der Waals surface area contributed by atoms with Crippen LogP contribution in [-0.2, 0) is 0 Å². The van der Waals surface area contributed by atoms with E-state index >= 15 is 0 Å². The standard InChI is InChI=1S/C48H39N11O2S2/c1-26-19-28(3)41(29(4)20-26)53-45-42(30(5)23-40(52-45)57(44-31(6)21-27(2)22-32(44)7)47-50-36-15-8-10-17-38(36)62-47)54-55-46-35(25-49)43(33-13-12-14-34(24-33)59(60)61)56-58(46)48-51-37-16-9-11-18-39(37)63-48/h8-24H,1-7H3,(H,52,53). The van der Waals surface area contributed by atoms with E-state index in [0.717, 1.165) is 75.9 Å². The maximum Gasteiger partial charge on any atom is 0.270 e. The number of benzene rings is 5. The van der Waals surface area contributed by atoms with Gasteiger partial charge in [-0.1, -0.05) is 94.5 Å². The van der Waals surface area contributed by atoms with E-state index in [4.69, 9.17) is 30.3 Å². The molecule has 0 aliphatic carbocycles. The van der Waals surface area contributed by atoms with Crippen molar-refractivity contribution in [3.63, 3.8) is 0 Å². The number of nitrogens with one attached hydrogen (secondary N) is 1. The van der Waals surface area contributed by atoms with Gasteiger partial charge in [0.2, 0.25) is 5.13 Å². The normalized spacial score (nSPS) is 11.5. The first-order valence-electron chi connectivity index (χ1n) is 20.0. The molecule has 0 saturated carbocycles. The van der Waals surface area contributed by atoms with Crippen molar-refractivity contribution in [2.24, 2.45) is 10.2 Å². The van der Waals surface area contributed by atoms with Crippen LogP contribution in [0, 0.1) is 69.9 Å². The first-order valence-corrected chi connectivity index (χ1v) is 21.7. The smallest absolute Gasteiger partial charge is 0.270 e. The molecule has 0 bridgehead atoms. The zero-order valence-corrected chi connectivity index (χ0v) is 37.1. The maximum absolute atomic E-state index is 11.8. The Kier molecular flexibility index (Phi) is 10.5. The molecule has 63 heavy (non-hydrogen) atoms. The van der Waals surface area contributed by atoms with Gasteiger partial charge < -0.3 is 5.32 Å². The SMILES string of the molecule is Cc1cc(C)c(Nc2nc(N(c3nc4ccccc4s3)c3c(C)cc(C)cc3C)cc(C)c2N=Nc2c(C#N)c(-c3cccc([N+](=O)[O-])c3)nn2-c2nc3ccccc3s2)c(C)c1. The Morgan fingerprint density at radius 3 is 2.00 bits per heavy atom. The molecule has 15 heteroatoms. The van der Waals surface area contributed by atoms with Gasteiger partial charge in [-0.15, -0.1) is 10.2 Å². The van der Waals surface area contributed by atoms with Crippen molar-refractivity contribution < 1.29 is 4.92 Å². The Morgan fingerprint density at radius 2 is 1.37 bits per heavy atom. The van der Waals surface area contributed by atoms with E-state index in [1.54, 1.807) is 23.5 Å². The molecule has 0 atom stereocenters. The molecular formula is C48H39N11O2S2. The molecule has 5 aromatic carbocycles. The van der Waals surface area contributed by atoms with Gasteiger partial charge in [-0.05, 0) is 107 Å². The third-order valence-corrected chi connectivity index (χ3v) is 12.7. The number of rotatable bonds is 10. The predicted molar refractivity (Wildman–Crippen MR) is 253 cm³/mol. The number of anilines is 5. The van der Waals surface area contributed by atoms with Crippen molar-refractivity contribution in [3.8, 4) is 22.5 Å². The summed E-state index contributed by atoms with van der Waals surface area (Å²) in [4.78, 5) is 28.8. The van der Waals surface area contributed by atoms with E-state index < -0.39 is 4.92 Å². The Morgan fingerprint density at radius 1 is 0.730 bits per heavy atom. The van der Waals surface area contributed by atoms with Crippen molar-refractivity contribution in [1.29, 1.82) is 5.26 Å². The molecule has 0 amide bonds. The lowest BCUT2D eigenvalue weighted by Crippen LogP contribution is -2.15. The number of nitro benzene ring substituents is 1. The second-order valence-electron chi connectivity index (χ2n) is 15.5. The van der Waals surface area contributed by atoms with Crippen LogP contribution in [-0.4, -0.2) is 29.7 Å². The number of nitriles is 1. The number of aryl methyl sites for hydroxylation is 7. The van der Waals surface area contributed by atoms with Crippen LogP contribution in [0.25, 0.3) is 36.8 Å². The molecule has 4 aromatic heterocycles. The second-order valence-corrected chi connectivity index (χ2v) is 17.5. The fourth-order valence-corrected chi connectivity index (χ4v) is 9.92. The fraction of sp³-hybridized carbons (Fsp3) is 0.146. The van der Waals surface area contributed by atoms with Crippen LogP contribution in [0.2, 0.25) is 0 Å². The molecule has 9 rings (SSSR count). The van der Waals surface area contributed by atoms with Crippen LogP contribution >= 0.6 is 22.7 Å². The molecule has 0 unspecified atom stereocenters. The number of hydrogen-bond acceptors (Lipinski definition) is 13. The summed E-state index contributed by atoms with van der Waals surface area (Å²) in [6.45, 7) is 14.4. The lowest BCUT2D eigenvalue weighted by molar-refractivity contribution is -0.384. The van der Waals surface area contributed by atoms with Gasteiger partial charge in [-0.3, -0.25) is 15.0 Å². The monoisotopic (exact) mass is 865 g/mol. The highest BCUT2D eigenvalue weighted by atomic mass is 32.1. The highest BCUT2D eigenvalue weighted by Crippen LogP contribution is 2.45. The molecule has 13 nitrogen and oxygen atoms in total. The van der Waals surface area contributed by atoms with Gasteiger partial charge >= 0.3 is 0 Å². The van der Waals surface area contributed by atoms with Crippen LogP contribution in [0.3, 0.4) is 0 Å². The zero-order chi connectivity index (χ0) is 44.1. The molecule has 1 N–H and O–H groups in total. The summed E-state index contributed by atoms with van der Waals surface area (Å²) in [6, 6.07) is 34.6. The Labute approximate surface area is 370 Å². The van der Waals surface area contributed by atoms with Crippen LogP contribution in [0.15, 0.2) is 113 Å². The summed E-state index contributed by atoms with van der Waals surface area (Å²) in [5.74, 6) is 1.16. The summed E-state index contributed by atoms with van der Waals surface area (Å²) in [6.07, 6.45) is 0. The van der Waals surface area contributed by atoms with Gasteiger partial charge in [-0.2, -0.15) is 15.0 Å². The van der Waals surface area contributed by atoms with Crippen molar-refractivity contribution >= 4 is 88.4 Å². The highest BCUT2D eigenvalue weighted by Gasteiger charge is 2.27. The van der Waals surface area contributed by atoms with E-state index in [9.17, 15) is 15.4 Å². The molecular weight excluding hydrogens is 827 g/mol. The van der Waals surface area contributed by atoms with Gasteiger partial charge in [0.15, 0.2) is 16.8 Å². The minimum Gasteiger partial charge on any atom is -0.338 e. The number of pyridine rings is 1.